The summed E-state index contributed by atoms with van der Waals surface area (Å²) in [4.78, 5) is 0. The maximum absolute atomic E-state index is 13.3. The highest BCUT2D eigenvalue weighted by Crippen LogP contribution is 2.34. The highest BCUT2D eigenvalue weighted by atomic mass is 79.9. The molecule has 0 saturated heterocycles. The van der Waals surface area contributed by atoms with E-state index in [0.717, 1.165) is 31.3 Å². The van der Waals surface area contributed by atoms with Crippen LogP contribution < -0.4 is 5.32 Å². The van der Waals surface area contributed by atoms with Gasteiger partial charge < -0.3 is 5.32 Å². The predicted molar refractivity (Wildman–Crippen MR) is 86.3 cm³/mol. The molecule has 0 aromatic heterocycles. The van der Waals surface area contributed by atoms with Gasteiger partial charge >= 0.3 is 0 Å². The summed E-state index contributed by atoms with van der Waals surface area (Å²) in [5, 5.41) is 3.59. The molecule has 1 aromatic carbocycles. The molecule has 2 rings (SSSR count). The van der Waals surface area contributed by atoms with Crippen LogP contribution in [0.4, 0.5) is 4.39 Å². The first-order chi connectivity index (χ1) is 9.56. The molecule has 0 bridgehead atoms. The lowest BCUT2D eigenvalue weighted by atomic mass is 9.89. The first kappa shape index (κ1) is 16.0. The molecule has 0 heterocycles. The molecule has 0 spiro atoms. The lowest BCUT2D eigenvalue weighted by Crippen LogP contribution is -2.28. The topological polar surface area (TPSA) is 12.0 Å². The first-order valence-corrected chi connectivity index (χ1v) is 8.50. The lowest BCUT2D eigenvalue weighted by Gasteiger charge is -2.21. The zero-order chi connectivity index (χ0) is 14.5. The Morgan fingerprint density at radius 3 is 2.75 bits per heavy atom. The predicted octanol–water partition coefficient (Wildman–Crippen LogP) is 4.79. The van der Waals surface area contributed by atoms with E-state index in [2.05, 4.69) is 35.1 Å². The normalized spacial score (nSPS) is 22.6. The van der Waals surface area contributed by atoms with Crippen molar-refractivity contribution in [3.63, 3.8) is 0 Å². The van der Waals surface area contributed by atoms with Crippen LogP contribution in [-0.2, 0) is 6.42 Å². The van der Waals surface area contributed by atoms with Gasteiger partial charge in [-0.25, -0.2) is 4.39 Å². The summed E-state index contributed by atoms with van der Waals surface area (Å²) >= 11 is 3.28. The Morgan fingerprint density at radius 1 is 1.30 bits per heavy atom. The Labute approximate surface area is 130 Å². The van der Waals surface area contributed by atoms with Crippen molar-refractivity contribution < 1.29 is 4.39 Å². The van der Waals surface area contributed by atoms with Gasteiger partial charge in [-0.3, -0.25) is 0 Å². The Bertz CT molecular complexity index is 433. The fourth-order valence-electron chi connectivity index (χ4n) is 3.18. The minimum atomic E-state index is -0.171. The van der Waals surface area contributed by atoms with E-state index in [1.165, 1.54) is 24.8 Å². The minimum absolute atomic E-state index is 0.171. The number of nitrogens with one attached hydrogen (secondary N) is 1. The summed E-state index contributed by atoms with van der Waals surface area (Å²) in [6.07, 6.45) is 5.05. The molecule has 1 N–H and O–H groups in total. The third-order valence-electron chi connectivity index (χ3n) is 4.26. The average Bonchev–Trinajstić information content (AvgIpc) is 2.81. The second-order valence-electron chi connectivity index (χ2n) is 6.46. The number of benzene rings is 1. The van der Waals surface area contributed by atoms with Gasteiger partial charge in [-0.15, -0.1) is 0 Å². The number of rotatable bonds is 6. The quantitative estimate of drug-likeness (QED) is 0.784. The zero-order valence-electron chi connectivity index (χ0n) is 12.5. The molecular formula is C17H25BrFN. The Balaban J connectivity index is 1.88. The lowest BCUT2D eigenvalue weighted by molar-refractivity contribution is 0.357. The van der Waals surface area contributed by atoms with Gasteiger partial charge in [0.15, 0.2) is 0 Å². The molecule has 1 fully saturated rings. The zero-order valence-corrected chi connectivity index (χ0v) is 14.0. The fourth-order valence-corrected chi connectivity index (χ4v) is 3.60. The van der Waals surface area contributed by atoms with E-state index >= 15 is 0 Å². The molecule has 0 amide bonds. The number of hydrogen-bond donors (Lipinski definition) is 1. The van der Waals surface area contributed by atoms with Crippen LogP contribution in [0.25, 0.3) is 0 Å². The SMILES string of the molecule is CC(C)CNCC1CCCC1Cc1ccc(F)c(Br)c1. The monoisotopic (exact) mass is 341 g/mol. The van der Waals surface area contributed by atoms with Crippen LogP contribution in [-0.4, -0.2) is 13.1 Å². The third-order valence-corrected chi connectivity index (χ3v) is 4.87. The highest BCUT2D eigenvalue weighted by Gasteiger charge is 2.27. The van der Waals surface area contributed by atoms with Crippen molar-refractivity contribution in [2.75, 3.05) is 13.1 Å². The largest absolute Gasteiger partial charge is 0.316 e. The Morgan fingerprint density at radius 2 is 2.05 bits per heavy atom. The highest BCUT2D eigenvalue weighted by molar-refractivity contribution is 9.10. The molecule has 2 atom stereocenters. The summed E-state index contributed by atoms with van der Waals surface area (Å²) in [7, 11) is 0. The standard InChI is InChI=1S/C17H25BrFN/c1-12(2)10-20-11-15-5-3-4-14(15)8-13-6-7-17(19)16(18)9-13/h6-7,9,12,14-15,20H,3-5,8,10-11H2,1-2H3. The van der Waals surface area contributed by atoms with Crippen molar-refractivity contribution in [3.05, 3.63) is 34.1 Å². The van der Waals surface area contributed by atoms with Crippen molar-refractivity contribution in [2.45, 2.75) is 39.5 Å². The molecule has 1 aliphatic rings. The van der Waals surface area contributed by atoms with Crippen LogP contribution in [0.1, 0.15) is 38.7 Å². The molecule has 20 heavy (non-hydrogen) atoms. The molecular weight excluding hydrogens is 317 g/mol. The molecule has 112 valence electrons. The fraction of sp³-hybridized carbons (Fsp3) is 0.647. The molecule has 2 unspecified atom stereocenters. The van der Waals surface area contributed by atoms with Gasteiger partial charge in [0.1, 0.15) is 5.82 Å². The summed E-state index contributed by atoms with van der Waals surface area (Å²) in [6.45, 7) is 6.72. The van der Waals surface area contributed by atoms with Gasteiger partial charge in [0, 0.05) is 0 Å². The first-order valence-electron chi connectivity index (χ1n) is 7.71. The molecule has 3 heteroatoms. The van der Waals surface area contributed by atoms with E-state index in [0.29, 0.717) is 10.4 Å². The van der Waals surface area contributed by atoms with Gasteiger partial charge in [0.05, 0.1) is 4.47 Å². The summed E-state index contributed by atoms with van der Waals surface area (Å²) in [5.74, 6) is 2.06. The maximum Gasteiger partial charge on any atom is 0.137 e. The molecule has 0 aliphatic heterocycles. The van der Waals surface area contributed by atoms with Crippen LogP contribution in [0.5, 0.6) is 0 Å². The summed E-state index contributed by atoms with van der Waals surface area (Å²) in [5.41, 5.74) is 1.25. The van der Waals surface area contributed by atoms with E-state index in [-0.39, 0.29) is 5.82 Å². The van der Waals surface area contributed by atoms with Crippen LogP contribution >= 0.6 is 15.9 Å². The van der Waals surface area contributed by atoms with Crippen molar-refractivity contribution in [1.82, 2.24) is 5.32 Å². The Kier molecular flexibility index (Phi) is 6.03. The van der Waals surface area contributed by atoms with Gasteiger partial charge in [-0.05, 0) is 83.7 Å². The summed E-state index contributed by atoms with van der Waals surface area (Å²) < 4.78 is 13.9. The van der Waals surface area contributed by atoms with E-state index in [1.54, 1.807) is 6.07 Å². The van der Waals surface area contributed by atoms with Crippen LogP contribution in [0.3, 0.4) is 0 Å². The van der Waals surface area contributed by atoms with Crippen molar-refractivity contribution >= 4 is 15.9 Å². The molecule has 1 aromatic rings. The number of hydrogen-bond acceptors (Lipinski definition) is 1. The van der Waals surface area contributed by atoms with E-state index < -0.39 is 0 Å². The van der Waals surface area contributed by atoms with Crippen LogP contribution in [0, 0.1) is 23.6 Å². The van der Waals surface area contributed by atoms with Gasteiger partial charge in [-0.1, -0.05) is 26.3 Å². The van der Waals surface area contributed by atoms with Gasteiger partial charge in [0.25, 0.3) is 0 Å². The van der Waals surface area contributed by atoms with E-state index in [1.807, 2.05) is 12.1 Å². The van der Waals surface area contributed by atoms with Crippen molar-refractivity contribution in [1.29, 1.82) is 0 Å². The Hall–Kier alpha value is -0.410. The third kappa shape index (κ3) is 4.56. The molecule has 1 nitrogen and oxygen atoms in total. The maximum atomic E-state index is 13.3. The smallest absolute Gasteiger partial charge is 0.137 e. The van der Waals surface area contributed by atoms with Gasteiger partial charge in [0.2, 0.25) is 0 Å². The van der Waals surface area contributed by atoms with Gasteiger partial charge in [-0.2, -0.15) is 0 Å². The number of halogens is 2. The molecule has 0 radical (unpaired) electrons. The molecule has 1 saturated carbocycles. The van der Waals surface area contributed by atoms with Crippen molar-refractivity contribution in [2.24, 2.45) is 17.8 Å². The molecule has 1 aliphatic carbocycles. The average molecular weight is 342 g/mol. The second kappa shape index (κ2) is 7.56. The van der Waals surface area contributed by atoms with E-state index in [9.17, 15) is 4.39 Å². The van der Waals surface area contributed by atoms with E-state index in [4.69, 9.17) is 0 Å². The summed E-state index contributed by atoms with van der Waals surface area (Å²) in [6, 6.07) is 5.43. The second-order valence-corrected chi connectivity index (χ2v) is 7.31. The van der Waals surface area contributed by atoms with Crippen molar-refractivity contribution in [3.8, 4) is 0 Å². The van der Waals surface area contributed by atoms with Crippen LogP contribution in [0.15, 0.2) is 22.7 Å². The minimum Gasteiger partial charge on any atom is -0.316 e. The van der Waals surface area contributed by atoms with Crippen LogP contribution in [0.2, 0.25) is 0 Å².